The monoisotopic (exact) mass is 332 g/mol. The lowest BCUT2D eigenvalue weighted by Crippen LogP contribution is -2.30. The number of benzene rings is 1. The molecule has 1 aromatic heterocycles. The Balaban J connectivity index is 0.00000220. The maximum atomic E-state index is 14.0. The van der Waals surface area contributed by atoms with Gasteiger partial charge in [0.1, 0.15) is 5.82 Å². The highest BCUT2D eigenvalue weighted by atomic mass is 35.5. The molecule has 0 bridgehead atoms. The van der Waals surface area contributed by atoms with Gasteiger partial charge in [-0.15, -0.1) is 23.7 Å². The highest BCUT2D eigenvalue weighted by molar-refractivity contribution is 7.21. The van der Waals surface area contributed by atoms with E-state index in [0.29, 0.717) is 28.9 Å². The van der Waals surface area contributed by atoms with Gasteiger partial charge in [-0.2, -0.15) is 0 Å². The van der Waals surface area contributed by atoms with E-state index in [2.05, 4.69) is 10.6 Å². The van der Waals surface area contributed by atoms with Crippen molar-refractivity contribution < 1.29 is 13.9 Å². The summed E-state index contributed by atoms with van der Waals surface area (Å²) < 4.78 is 19.8. The van der Waals surface area contributed by atoms with Gasteiger partial charge in [-0.25, -0.2) is 4.39 Å². The number of halogens is 2. The van der Waals surface area contributed by atoms with E-state index in [9.17, 15) is 9.18 Å². The largest absolute Gasteiger partial charge is 0.380 e. The van der Waals surface area contributed by atoms with Crippen LogP contribution < -0.4 is 10.6 Å². The van der Waals surface area contributed by atoms with E-state index in [1.54, 1.807) is 6.07 Å². The highest BCUT2D eigenvalue weighted by Crippen LogP contribution is 2.33. The van der Waals surface area contributed by atoms with Gasteiger partial charge in [-0.3, -0.25) is 4.79 Å². The topological polar surface area (TPSA) is 50.4 Å². The zero-order valence-corrected chi connectivity index (χ0v) is 13.5. The molecule has 0 atom stereocenters. The van der Waals surface area contributed by atoms with Crippen LogP contribution in [-0.2, 0) is 11.3 Å². The fraction of sp³-hybridized carbons (Fsp3) is 0.357. The molecule has 21 heavy (non-hydrogen) atoms. The number of hydrogen-bond acceptors (Lipinski definition) is 4. The van der Waals surface area contributed by atoms with Crippen LogP contribution in [0.2, 0.25) is 0 Å². The van der Waals surface area contributed by atoms with Crippen LogP contribution in [0.15, 0.2) is 18.2 Å². The smallest absolute Gasteiger partial charge is 0.261 e. The van der Waals surface area contributed by atoms with Gasteiger partial charge in [0.2, 0.25) is 0 Å². The molecular weight excluding hydrogens is 315 g/mol. The highest BCUT2D eigenvalue weighted by Gasteiger charge is 2.20. The van der Waals surface area contributed by atoms with E-state index in [1.807, 2.05) is 13.1 Å². The molecule has 2 N–H and O–H groups in total. The molecule has 4 nitrogen and oxygen atoms in total. The van der Waals surface area contributed by atoms with Crippen molar-refractivity contribution in [2.75, 3.05) is 27.2 Å². The average molecular weight is 333 g/mol. The third-order valence-electron chi connectivity index (χ3n) is 2.92. The summed E-state index contributed by atoms with van der Waals surface area (Å²) in [6.45, 7) is 1.43. The molecule has 0 aliphatic rings. The van der Waals surface area contributed by atoms with Gasteiger partial charge < -0.3 is 15.4 Å². The summed E-state index contributed by atoms with van der Waals surface area (Å²) in [5.74, 6) is -0.507. The number of amides is 1. The minimum atomic E-state index is -0.319. The van der Waals surface area contributed by atoms with Crippen molar-refractivity contribution in [1.29, 1.82) is 0 Å². The molecule has 2 aromatic rings. The third kappa shape index (κ3) is 3.91. The molecule has 0 aliphatic heterocycles. The molecule has 1 heterocycles. The second kappa shape index (κ2) is 8.29. The Morgan fingerprint density at radius 2 is 2.14 bits per heavy atom. The molecule has 0 fully saturated rings. The molecule has 2 rings (SSSR count). The molecule has 116 valence electrons. The number of carbonyl (C=O) groups is 1. The Bertz CT molecular complexity index is 618. The Morgan fingerprint density at radius 3 is 2.81 bits per heavy atom. The van der Waals surface area contributed by atoms with Crippen LogP contribution in [-0.4, -0.2) is 33.2 Å². The zero-order valence-electron chi connectivity index (χ0n) is 11.9. The lowest BCUT2D eigenvalue weighted by Gasteiger charge is -2.06. The van der Waals surface area contributed by atoms with Crippen LogP contribution in [0, 0.1) is 5.82 Å². The second-order valence-electron chi connectivity index (χ2n) is 4.32. The van der Waals surface area contributed by atoms with Crippen LogP contribution in [0.4, 0.5) is 4.39 Å². The third-order valence-corrected chi connectivity index (χ3v) is 4.11. The molecule has 1 amide bonds. The average Bonchev–Trinajstić information content (AvgIpc) is 2.80. The molecule has 0 aliphatic carbocycles. The molecule has 1 aromatic carbocycles. The van der Waals surface area contributed by atoms with Crippen molar-refractivity contribution in [3.63, 3.8) is 0 Å². The normalized spacial score (nSPS) is 10.4. The Labute approximate surface area is 133 Å². The number of rotatable bonds is 6. The number of ether oxygens (including phenoxy) is 1. The fourth-order valence-electron chi connectivity index (χ4n) is 2.01. The van der Waals surface area contributed by atoms with Crippen molar-refractivity contribution in [1.82, 2.24) is 10.6 Å². The summed E-state index contributed by atoms with van der Waals surface area (Å²) in [4.78, 5) is 12.7. The van der Waals surface area contributed by atoms with Gasteiger partial charge in [0.15, 0.2) is 0 Å². The van der Waals surface area contributed by atoms with Crippen LogP contribution in [0.25, 0.3) is 10.1 Å². The predicted molar refractivity (Wildman–Crippen MR) is 86.0 cm³/mol. The summed E-state index contributed by atoms with van der Waals surface area (Å²) in [5.41, 5.74) is 0.618. The van der Waals surface area contributed by atoms with E-state index in [1.165, 1.54) is 24.5 Å². The van der Waals surface area contributed by atoms with Gasteiger partial charge in [-0.05, 0) is 19.2 Å². The first kappa shape index (κ1) is 17.8. The number of nitrogens with one attached hydrogen (secondary N) is 2. The summed E-state index contributed by atoms with van der Waals surface area (Å²) in [6, 6.07) is 4.86. The summed E-state index contributed by atoms with van der Waals surface area (Å²) in [6.07, 6.45) is 0. The number of carbonyl (C=O) groups excluding carboxylic acids is 1. The summed E-state index contributed by atoms with van der Waals surface area (Å²) in [5, 5.41) is 6.25. The van der Waals surface area contributed by atoms with Crippen molar-refractivity contribution in [3.05, 3.63) is 34.5 Å². The lowest BCUT2D eigenvalue weighted by molar-refractivity contribution is 0.0954. The number of thiophene rings is 1. The first-order chi connectivity index (χ1) is 9.69. The lowest BCUT2D eigenvalue weighted by atomic mass is 10.1. The summed E-state index contributed by atoms with van der Waals surface area (Å²) in [7, 11) is 3.35. The van der Waals surface area contributed by atoms with E-state index in [4.69, 9.17) is 4.74 Å². The van der Waals surface area contributed by atoms with E-state index in [-0.39, 0.29) is 30.7 Å². The molecule has 0 unspecified atom stereocenters. The quantitative estimate of drug-likeness (QED) is 0.799. The van der Waals surface area contributed by atoms with Crippen LogP contribution >= 0.6 is 23.7 Å². The van der Waals surface area contributed by atoms with Gasteiger partial charge in [0, 0.05) is 35.8 Å². The van der Waals surface area contributed by atoms with E-state index >= 15 is 0 Å². The summed E-state index contributed by atoms with van der Waals surface area (Å²) >= 11 is 1.29. The maximum absolute atomic E-state index is 14.0. The van der Waals surface area contributed by atoms with Crippen molar-refractivity contribution >= 4 is 39.7 Å². The van der Waals surface area contributed by atoms with E-state index < -0.39 is 0 Å². The minimum absolute atomic E-state index is 0. The molecular formula is C14H18ClFN2O2S. The van der Waals surface area contributed by atoms with E-state index in [0.717, 1.165) is 4.70 Å². The molecule has 7 heteroatoms. The minimum Gasteiger partial charge on any atom is -0.380 e. The number of fused-ring (bicyclic) bond motifs is 1. The van der Waals surface area contributed by atoms with Crippen LogP contribution in [0.3, 0.4) is 0 Å². The first-order valence-corrected chi connectivity index (χ1v) is 7.12. The van der Waals surface area contributed by atoms with Crippen LogP contribution in [0.1, 0.15) is 15.2 Å². The van der Waals surface area contributed by atoms with Crippen molar-refractivity contribution in [3.8, 4) is 0 Å². The first-order valence-electron chi connectivity index (χ1n) is 6.30. The Morgan fingerprint density at radius 1 is 1.38 bits per heavy atom. The van der Waals surface area contributed by atoms with Gasteiger partial charge in [0.25, 0.3) is 5.91 Å². The van der Waals surface area contributed by atoms with Crippen LogP contribution in [0.5, 0.6) is 0 Å². The number of methoxy groups -OCH3 is 1. The van der Waals surface area contributed by atoms with Crippen molar-refractivity contribution in [2.45, 2.75) is 6.61 Å². The van der Waals surface area contributed by atoms with Gasteiger partial charge in [-0.1, -0.05) is 6.07 Å². The maximum Gasteiger partial charge on any atom is 0.261 e. The molecule has 0 radical (unpaired) electrons. The van der Waals surface area contributed by atoms with Crippen molar-refractivity contribution in [2.24, 2.45) is 0 Å². The fourth-order valence-corrected chi connectivity index (χ4v) is 3.15. The molecule has 0 saturated carbocycles. The SMILES string of the molecule is CNCCNC(=O)c1sc2cccc(F)c2c1COC.Cl. The number of likely N-dealkylation sites (N-methyl/N-ethyl adjacent to an activating group) is 1. The Kier molecular flexibility index (Phi) is 7.04. The second-order valence-corrected chi connectivity index (χ2v) is 5.37. The number of hydrogen-bond donors (Lipinski definition) is 2. The van der Waals surface area contributed by atoms with Gasteiger partial charge >= 0.3 is 0 Å². The Hall–Kier alpha value is -1.21. The zero-order chi connectivity index (χ0) is 14.5. The molecule has 0 saturated heterocycles. The standard InChI is InChI=1S/C14H17FN2O2S.ClH/c1-16-6-7-17-14(18)13-9(8-19-2)12-10(15)4-3-5-11(12)20-13;/h3-5,16H,6-8H2,1-2H3,(H,17,18);1H. The molecule has 0 spiro atoms. The van der Waals surface area contributed by atoms with Gasteiger partial charge in [0.05, 0.1) is 11.5 Å². The predicted octanol–water partition coefficient (Wildman–Crippen LogP) is 2.56.